The molecule has 0 saturated carbocycles. The first kappa shape index (κ1) is 21.4. The molecule has 0 fully saturated rings. The Hall–Kier alpha value is -3.27. The van der Waals surface area contributed by atoms with Crippen molar-refractivity contribution in [2.45, 2.75) is 33.4 Å². The number of carbonyl (C=O) groups is 1. The number of furan rings is 1. The van der Waals surface area contributed by atoms with Gasteiger partial charge in [-0.2, -0.15) is 18.3 Å². The molecule has 0 saturated heterocycles. The predicted octanol–water partition coefficient (Wildman–Crippen LogP) is 4.46. The van der Waals surface area contributed by atoms with E-state index in [9.17, 15) is 18.0 Å². The van der Waals surface area contributed by atoms with E-state index in [-0.39, 0.29) is 12.4 Å². The van der Waals surface area contributed by atoms with Crippen molar-refractivity contribution in [2.75, 3.05) is 11.9 Å². The first-order valence-corrected chi connectivity index (χ1v) is 8.97. The molecule has 0 radical (unpaired) electrons. The van der Waals surface area contributed by atoms with E-state index in [2.05, 4.69) is 15.2 Å². The number of hydrogen-bond donors (Lipinski definition) is 1. The van der Waals surface area contributed by atoms with E-state index in [4.69, 9.17) is 9.15 Å². The third kappa shape index (κ3) is 6.11. The number of hydrogen-bond acceptors (Lipinski definition) is 5. The Bertz CT molecular complexity index is 1010. The Labute approximate surface area is 170 Å². The second-order valence-corrected chi connectivity index (χ2v) is 6.64. The van der Waals surface area contributed by atoms with Gasteiger partial charge in [0.15, 0.2) is 5.76 Å². The highest BCUT2D eigenvalue weighted by atomic mass is 19.4. The lowest BCUT2D eigenvalue weighted by Crippen LogP contribution is -2.18. The molecule has 3 rings (SSSR count). The van der Waals surface area contributed by atoms with Crippen LogP contribution in [0.5, 0.6) is 5.75 Å². The molecule has 2 heterocycles. The number of anilines is 1. The van der Waals surface area contributed by atoms with Crippen LogP contribution in [-0.2, 0) is 18.1 Å². The number of ether oxygens (including phenoxy) is 2. The van der Waals surface area contributed by atoms with Crippen molar-refractivity contribution >= 4 is 11.6 Å². The largest absolute Gasteiger partial charge is 0.485 e. The van der Waals surface area contributed by atoms with Crippen LogP contribution in [0.1, 0.15) is 27.4 Å². The van der Waals surface area contributed by atoms with Gasteiger partial charge in [0.05, 0.1) is 18.1 Å². The van der Waals surface area contributed by atoms with Crippen LogP contribution in [0.15, 0.2) is 47.1 Å². The van der Waals surface area contributed by atoms with E-state index >= 15 is 0 Å². The van der Waals surface area contributed by atoms with Gasteiger partial charge in [-0.05, 0) is 43.2 Å². The fourth-order valence-electron chi connectivity index (χ4n) is 2.54. The fourth-order valence-corrected chi connectivity index (χ4v) is 2.54. The van der Waals surface area contributed by atoms with E-state index < -0.39 is 25.4 Å². The average molecular weight is 423 g/mol. The van der Waals surface area contributed by atoms with Crippen LogP contribution < -0.4 is 10.1 Å². The molecule has 2 aromatic heterocycles. The summed E-state index contributed by atoms with van der Waals surface area (Å²) in [5, 5.41) is 6.38. The van der Waals surface area contributed by atoms with E-state index in [1.807, 2.05) is 32.0 Å². The highest BCUT2D eigenvalue weighted by Crippen LogP contribution is 2.21. The minimum Gasteiger partial charge on any atom is -0.485 e. The van der Waals surface area contributed by atoms with Crippen molar-refractivity contribution in [1.29, 1.82) is 0 Å². The molecule has 0 unspecified atom stereocenters. The smallest absolute Gasteiger partial charge is 0.411 e. The number of amides is 1. The van der Waals surface area contributed by atoms with Crippen LogP contribution in [0.3, 0.4) is 0 Å². The zero-order valence-corrected chi connectivity index (χ0v) is 16.3. The van der Waals surface area contributed by atoms with Gasteiger partial charge in [0, 0.05) is 0 Å². The van der Waals surface area contributed by atoms with Crippen LogP contribution in [0.4, 0.5) is 18.9 Å². The fraction of sp³-hybridized carbons (Fsp3) is 0.300. The maximum absolute atomic E-state index is 12.3. The van der Waals surface area contributed by atoms with Gasteiger partial charge in [-0.25, -0.2) is 4.68 Å². The molecule has 3 aromatic rings. The molecule has 30 heavy (non-hydrogen) atoms. The zero-order valence-electron chi connectivity index (χ0n) is 16.3. The van der Waals surface area contributed by atoms with Gasteiger partial charge in [0.1, 0.15) is 31.5 Å². The number of alkyl halides is 3. The zero-order chi connectivity index (χ0) is 21.7. The molecule has 0 bridgehead atoms. The van der Waals surface area contributed by atoms with Crippen molar-refractivity contribution in [3.63, 3.8) is 0 Å². The average Bonchev–Trinajstić information content (AvgIpc) is 3.31. The molecule has 0 aliphatic heterocycles. The lowest BCUT2D eigenvalue weighted by atomic mass is 10.1. The Balaban J connectivity index is 1.52. The van der Waals surface area contributed by atoms with Gasteiger partial charge in [0.2, 0.25) is 0 Å². The Morgan fingerprint density at radius 3 is 2.80 bits per heavy atom. The Kier molecular flexibility index (Phi) is 6.46. The van der Waals surface area contributed by atoms with Crippen LogP contribution in [-0.4, -0.2) is 28.5 Å². The van der Waals surface area contributed by atoms with E-state index in [1.165, 1.54) is 18.5 Å². The van der Waals surface area contributed by atoms with Crippen molar-refractivity contribution < 1.29 is 31.9 Å². The summed E-state index contributed by atoms with van der Waals surface area (Å²) in [6.07, 6.45) is -1.77. The molecule has 1 aromatic carbocycles. The predicted molar refractivity (Wildman–Crippen MR) is 101 cm³/mol. The van der Waals surface area contributed by atoms with Crippen LogP contribution in [0.25, 0.3) is 0 Å². The van der Waals surface area contributed by atoms with E-state index in [1.54, 1.807) is 6.07 Å². The summed E-state index contributed by atoms with van der Waals surface area (Å²) < 4.78 is 53.1. The number of nitrogens with one attached hydrogen (secondary N) is 1. The maximum Gasteiger partial charge on any atom is 0.411 e. The summed E-state index contributed by atoms with van der Waals surface area (Å²) in [6.45, 7) is 2.28. The third-order valence-electron chi connectivity index (χ3n) is 3.98. The summed E-state index contributed by atoms with van der Waals surface area (Å²) in [5.74, 6) is 0.745. The monoisotopic (exact) mass is 423 g/mol. The second kappa shape index (κ2) is 9.04. The van der Waals surface area contributed by atoms with Crippen molar-refractivity contribution in [2.24, 2.45) is 0 Å². The molecule has 1 amide bonds. The minimum atomic E-state index is -4.41. The Morgan fingerprint density at radius 2 is 2.03 bits per heavy atom. The standard InChI is InChI=1S/C20H20F3N3O4/c1-13-3-4-14(2)18(7-13)29-10-16-5-6-17(30-16)19(27)25-15-8-24-26(9-15)12-28-11-20(21,22)23/h3-9H,10-12H2,1-2H3,(H,25,27). The summed E-state index contributed by atoms with van der Waals surface area (Å²) >= 11 is 0. The maximum atomic E-state index is 12.3. The number of aryl methyl sites for hydroxylation is 2. The summed E-state index contributed by atoms with van der Waals surface area (Å²) in [7, 11) is 0. The summed E-state index contributed by atoms with van der Waals surface area (Å²) in [4.78, 5) is 12.3. The lowest BCUT2D eigenvalue weighted by Gasteiger charge is -2.08. The normalized spacial score (nSPS) is 11.5. The first-order chi connectivity index (χ1) is 14.2. The molecular weight excluding hydrogens is 403 g/mol. The second-order valence-electron chi connectivity index (χ2n) is 6.64. The molecule has 0 atom stereocenters. The number of aromatic nitrogens is 2. The summed E-state index contributed by atoms with van der Waals surface area (Å²) in [5.41, 5.74) is 2.35. The van der Waals surface area contributed by atoms with Crippen molar-refractivity contribution in [1.82, 2.24) is 9.78 Å². The SMILES string of the molecule is Cc1ccc(C)c(OCc2ccc(C(=O)Nc3cnn(COCC(F)(F)F)c3)o2)c1. The highest BCUT2D eigenvalue weighted by Gasteiger charge is 2.27. The molecule has 0 aliphatic rings. The van der Waals surface area contributed by atoms with Gasteiger partial charge in [-0.1, -0.05) is 12.1 Å². The summed E-state index contributed by atoms with van der Waals surface area (Å²) in [6, 6.07) is 9.01. The quantitative estimate of drug-likeness (QED) is 0.579. The highest BCUT2D eigenvalue weighted by molar-refractivity contribution is 6.02. The van der Waals surface area contributed by atoms with Crippen molar-refractivity contribution in [3.05, 3.63) is 65.4 Å². The number of halogens is 3. The van der Waals surface area contributed by atoms with E-state index in [0.29, 0.717) is 11.4 Å². The van der Waals surface area contributed by atoms with Gasteiger partial charge >= 0.3 is 6.18 Å². The molecule has 0 spiro atoms. The number of nitrogens with zero attached hydrogens (tertiary/aromatic N) is 2. The van der Waals surface area contributed by atoms with Gasteiger partial charge in [-0.15, -0.1) is 0 Å². The van der Waals surface area contributed by atoms with Crippen molar-refractivity contribution in [3.8, 4) is 5.75 Å². The Morgan fingerprint density at radius 1 is 1.23 bits per heavy atom. The minimum absolute atomic E-state index is 0.0654. The molecule has 1 N–H and O–H groups in total. The number of rotatable bonds is 8. The molecule has 7 nitrogen and oxygen atoms in total. The molecule has 160 valence electrons. The number of carbonyl (C=O) groups excluding carboxylic acids is 1. The van der Waals surface area contributed by atoms with Gasteiger partial charge in [0.25, 0.3) is 5.91 Å². The molecule has 0 aliphatic carbocycles. The van der Waals surface area contributed by atoms with Crippen LogP contribution >= 0.6 is 0 Å². The van der Waals surface area contributed by atoms with Crippen LogP contribution in [0.2, 0.25) is 0 Å². The molecular formula is C20H20F3N3O4. The first-order valence-electron chi connectivity index (χ1n) is 8.97. The van der Waals surface area contributed by atoms with E-state index in [0.717, 1.165) is 21.6 Å². The number of benzene rings is 1. The topological polar surface area (TPSA) is 78.5 Å². The van der Waals surface area contributed by atoms with Gasteiger partial charge < -0.3 is 19.2 Å². The lowest BCUT2D eigenvalue weighted by molar-refractivity contribution is -0.182. The third-order valence-corrected chi connectivity index (χ3v) is 3.98. The molecule has 10 heteroatoms. The van der Waals surface area contributed by atoms with Crippen LogP contribution in [0, 0.1) is 13.8 Å². The van der Waals surface area contributed by atoms with Gasteiger partial charge in [-0.3, -0.25) is 4.79 Å².